The van der Waals surface area contributed by atoms with Gasteiger partial charge in [0.15, 0.2) is 17.1 Å². The Kier molecular flexibility index (Phi) is 11.1. The molecule has 5 fully saturated rings. The van der Waals surface area contributed by atoms with E-state index in [1.807, 2.05) is 32.0 Å². The number of H-pyrrole nitrogens is 1. The molecule has 12 nitrogen and oxygen atoms in total. The number of ketones is 1. The number of para-hydroxylation sites is 1. The van der Waals surface area contributed by atoms with Gasteiger partial charge in [-0.25, -0.2) is 8.42 Å². The predicted molar refractivity (Wildman–Crippen MR) is 214 cm³/mol. The van der Waals surface area contributed by atoms with Crippen LogP contribution in [0.25, 0.3) is 10.9 Å². The number of esters is 1. The summed E-state index contributed by atoms with van der Waals surface area (Å²) < 4.78 is 41.1. The molecule has 7 atom stereocenters. The molecule has 1 saturated heterocycles. The van der Waals surface area contributed by atoms with Crippen LogP contribution in [0.4, 0.5) is 0 Å². The highest BCUT2D eigenvalue weighted by Gasteiger charge is 2.62. The molecule has 3 heterocycles. The third-order valence-electron chi connectivity index (χ3n) is 14.6. The van der Waals surface area contributed by atoms with E-state index in [2.05, 4.69) is 9.71 Å². The number of aromatic nitrogens is 1. The summed E-state index contributed by atoms with van der Waals surface area (Å²) in [5, 5.41) is -0.0107. The number of Topliss-reactive ketones (excluding diaryl/α,β-unsaturated/α-hetero) is 1. The topological polar surface area (TPSA) is 169 Å². The first-order chi connectivity index (χ1) is 27.3. The number of amides is 2. The lowest BCUT2D eigenvalue weighted by Gasteiger charge is -2.34. The number of rotatable bonds is 8. The molecule has 2 amide bonds. The zero-order valence-corrected chi connectivity index (χ0v) is 34.3. The second-order valence-electron chi connectivity index (χ2n) is 18.4. The van der Waals surface area contributed by atoms with E-state index in [0.29, 0.717) is 54.5 Å². The number of pyridine rings is 1. The molecular weight excluding hydrogens is 747 g/mol. The van der Waals surface area contributed by atoms with Crippen LogP contribution < -0.4 is 14.9 Å². The first kappa shape index (κ1) is 40.1. The molecular formula is C44H59N3O9S. The van der Waals surface area contributed by atoms with Gasteiger partial charge in [0, 0.05) is 18.2 Å². The van der Waals surface area contributed by atoms with Crippen molar-refractivity contribution in [2.24, 2.45) is 29.1 Å². The maximum Gasteiger partial charge on any atom is 0.307 e. The van der Waals surface area contributed by atoms with E-state index in [9.17, 15) is 27.6 Å². The van der Waals surface area contributed by atoms with Crippen LogP contribution in [0.15, 0.2) is 29.1 Å². The van der Waals surface area contributed by atoms with Crippen LogP contribution in [0, 0.1) is 29.1 Å². The summed E-state index contributed by atoms with van der Waals surface area (Å²) in [6, 6.07) is 6.37. The molecule has 1 aromatic heterocycles. The highest BCUT2D eigenvalue weighted by Crippen LogP contribution is 2.58. The fraction of sp³-hybridized carbons (Fsp3) is 0.705. The number of hydrogen-bond donors (Lipinski definition) is 2. The summed E-state index contributed by atoms with van der Waals surface area (Å²) in [5.74, 6) is -1.96. The first-order valence-corrected chi connectivity index (χ1v) is 23.3. The van der Waals surface area contributed by atoms with Gasteiger partial charge in [-0.1, -0.05) is 51.2 Å². The molecule has 4 aliphatic carbocycles. The monoisotopic (exact) mass is 805 g/mol. The van der Waals surface area contributed by atoms with Gasteiger partial charge in [0.2, 0.25) is 21.8 Å². The van der Waals surface area contributed by atoms with E-state index in [1.54, 1.807) is 11.0 Å². The summed E-state index contributed by atoms with van der Waals surface area (Å²) >= 11 is 0. The van der Waals surface area contributed by atoms with Gasteiger partial charge in [-0.15, -0.1) is 0 Å². The smallest absolute Gasteiger partial charge is 0.307 e. The zero-order chi connectivity index (χ0) is 40.1. The Balaban J connectivity index is 1.14. The number of fused-ring (bicyclic) bond motifs is 5. The van der Waals surface area contributed by atoms with E-state index in [0.717, 1.165) is 70.6 Å². The second kappa shape index (κ2) is 15.8. The molecule has 8 rings (SSSR count). The van der Waals surface area contributed by atoms with Gasteiger partial charge >= 0.3 is 5.97 Å². The average molecular weight is 806 g/mol. The van der Waals surface area contributed by atoms with Gasteiger partial charge < -0.3 is 19.4 Å². The highest BCUT2D eigenvalue weighted by molar-refractivity contribution is 7.90. The van der Waals surface area contributed by atoms with Gasteiger partial charge in [-0.3, -0.25) is 28.7 Å². The van der Waals surface area contributed by atoms with Crippen molar-refractivity contribution in [2.75, 3.05) is 6.54 Å². The van der Waals surface area contributed by atoms with Crippen molar-refractivity contribution in [1.82, 2.24) is 14.6 Å². The van der Waals surface area contributed by atoms with Crippen LogP contribution >= 0.6 is 0 Å². The Morgan fingerprint density at radius 2 is 1.70 bits per heavy atom. The number of hydrogen-bond acceptors (Lipinski definition) is 9. The zero-order valence-electron chi connectivity index (χ0n) is 33.5. The average Bonchev–Trinajstić information content (AvgIpc) is 3.99. The van der Waals surface area contributed by atoms with Crippen molar-refractivity contribution in [3.63, 3.8) is 0 Å². The van der Waals surface area contributed by atoms with Crippen LogP contribution in [-0.4, -0.2) is 71.4 Å². The Morgan fingerprint density at radius 1 is 0.965 bits per heavy atom. The minimum Gasteiger partial charge on any atom is -0.473 e. The van der Waals surface area contributed by atoms with Crippen LogP contribution in [-0.2, 0) is 40.4 Å². The number of aromatic amines is 1. The lowest BCUT2D eigenvalue weighted by atomic mass is 9.85. The highest BCUT2D eigenvalue weighted by atomic mass is 32.2. The molecule has 2 N–H and O–H groups in total. The maximum absolute atomic E-state index is 15.0. The van der Waals surface area contributed by atoms with E-state index in [4.69, 9.17) is 9.47 Å². The molecule has 2 aliphatic heterocycles. The molecule has 4 saturated carbocycles. The minimum absolute atomic E-state index is 0.0420. The Bertz CT molecular complexity index is 2070. The number of nitrogens with one attached hydrogen (secondary N) is 2. The summed E-state index contributed by atoms with van der Waals surface area (Å²) in [4.78, 5) is 76.3. The predicted octanol–water partition coefficient (Wildman–Crippen LogP) is 6.28. The summed E-state index contributed by atoms with van der Waals surface area (Å²) in [6.45, 7) is 4.03. The van der Waals surface area contributed by atoms with Crippen LogP contribution in [0.3, 0.4) is 0 Å². The molecule has 13 heteroatoms. The maximum atomic E-state index is 15.0. The van der Waals surface area contributed by atoms with Crippen LogP contribution in [0.5, 0.6) is 5.88 Å². The van der Waals surface area contributed by atoms with Gasteiger partial charge in [0.1, 0.15) is 11.7 Å². The van der Waals surface area contributed by atoms with Crippen LogP contribution in [0.1, 0.15) is 135 Å². The summed E-state index contributed by atoms with van der Waals surface area (Å²) in [7, 11) is -3.83. The van der Waals surface area contributed by atoms with Crippen molar-refractivity contribution in [3.05, 3.63) is 40.1 Å². The molecule has 0 spiro atoms. The number of carbonyl (C=O) groups is 4. The second-order valence-corrected chi connectivity index (χ2v) is 20.4. The Hall–Kier alpha value is -3.74. The van der Waals surface area contributed by atoms with Crippen molar-refractivity contribution >= 4 is 44.5 Å². The van der Waals surface area contributed by atoms with Gasteiger partial charge in [0.25, 0.3) is 0 Å². The number of nitrogens with zero attached hydrogens (tertiary/aromatic N) is 1. The van der Waals surface area contributed by atoms with E-state index in [1.165, 1.54) is 0 Å². The molecule has 57 heavy (non-hydrogen) atoms. The number of ether oxygens (including phenoxy) is 2. The minimum atomic E-state index is -3.83. The van der Waals surface area contributed by atoms with Gasteiger partial charge in [-0.2, -0.15) is 0 Å². The molecule has 0 unspecified atom stereocenters. The van der Waals surface area contributed by atoms with E-state index in [-0.39, 0.29) is 66.6 Å². The number of benzene rings is 1. The fourth-order valence-electron chi connectivity index (χ4n) is 11.0. The summed E-state index contributed by atoms with van der Waals surface area (Å²) in [6.07, 6.45) is 11.4. The van der Waals surface area contributed by atoms with Crippen LogP contribution in [0.2, 0.25) is 0 Å². The van der Waals surface area contributed by atoms with Gasteiger partial charge in [0.05, 0.1) is 46.7 Å². The third-order valence-corrected chi connectivity index (χ3v) is 16.4. The third kappa shape index (κ3) is 8.02. The fourth-order valence-corrected chi connectivity index (χ4v) is 12.3. The van der Waals surface area contributed by atoms with Gasteiger partial charge in [-0.05, 0) is 107 Å². The quantitative estimate of drug-likeness (QED) is 0.292. The SMILES string of the molecule is CC[C@@H]1C[C@]1(CC(=O)[C@@H]1C[C@@H]2CN1C(=O)[C@H](C1CCCC1)CC(=O)O[C@]1(C)CCC[C@H]1CCCCCc1c([nH]c3ccccc3c1=O)O2)C(=O)NS(=O)(=O)C1CC1. The molecule has 1 aromatic carbocycles. The molecule has 2 bridgehead atoms. The molecule has 2 aromatic rings. The van der Waals surface area contributed by atoms with E-state index >= 15 is 4.79 Å². The van der Waals surface area contributed by atoms with Crippen molar-refractivity contribution < 1.29 is 37.1 Å². The number of sulfonamides is 1. The Morgan fingerprint density at radius 3 is 2.44 bits per heavy atom. The lowest BCUT2D eigenvalue weighted by molar-refractivity contribution is -0.166. The Labute approximate surface area is 335 Å². The number of carbonyl (C=O) groups excluding carboxylic acids is 4. The lowest BCUT2D eigenvalue weighted by Crippen LogP contribution is -2.48. The molecule has 310 valence electrons. The van der Waals surface area contributed by atoms with E-state index < -0.39 is 50.3 Å². The molecule has 6 aliphatic rings. The standard InChI is InChI=1S/C44H59N3O9S/c1-3-28-24-44(28,42(52)46-57(53,54)31-19-20-31)25-37(48)36-22-30-26-47(36)41(51)34(27-12-7-8-13-27)23-38(49)56-43(2)21-11-15-29(43)14-5-4-6-17-33-39(50)32-16-9-10-18-35(32)45-40(33)55-30/h9-10,16,18,27-31,34,36H,3-8,11-15,17,19-26H2,1-2H3,(H,45,50)(H,46,52)/t28-,29-,30-,34+,36+,43-,44-/m1/s1. The van der Waals surface area contributed by atoms with Crippen molar-refractivity contribution in [3.8, 4) is 5.88 Å². The first-order valence-electron chi connectivity index (χ1n) is 21.7. The largest absolute Gasteiger partial charge is 0.473 e. The van der Waals surface area contributed by atoms with Crippen molar-refractivity contribution in [2.45, 2.75) is 159 Å². The molecule has 0 radical (unpaired) electrons. The van der Waals surface area contributed by atoms with Crippen molar-refractivity contribution in [1.29, 1.82) is 0 Å². The normalized spacial score (nSPS) is 32.8. The summed E-state index contributed by atoms with van der Waals surface area (Å²) in [5.41, 5.74) is -0.705.